The first-order valence-electron chi connectivity index (χ1n) is 14.4. The minimum Gasteiger partial charge on any atom is -0.369 e. The summed E-state index contributed by atoms with van der Waals surface area (Å²) in [6, 6.07) is 15.2. The summed E-state index contributed by atoms with van der Waals surface area (Å²) < 4.78 is 6.48. The smallest absolute Gasteiger partial charge is 0.134 e. The first kappa shape index (κ1) is 25.8. The van der Waals surface area contributed by atoms with E-state index in [9.17, 15) is 0 Å². The third-order valence-corrected chi connectivity index (χ3v) is 8.24. The monoisotopic (exact) mass is 524 g/mol. The topological polar surface area (TPSA) is 56.2 Å². The van der Waals surface area contributed by atoms with E-state index in [4.69, 9.17) is 14.7 Å². The molecule has 0 amide bonds. The second kappa shape index (κ2) is 11.0. The van der Waals surface area contributed by atoms with E-state index < -0.39 is 0 Å². The molecular formula is C32H40N6O. The van der Waals surface area contributed by atoms with Crippen LogP contribution in [0.5, 0.6) is 0 Å². The molecule has 2 saturated heterocycles. The normalized spacial score (nSPS) is 21.9. The van der Waals surface area contributed by atoms with Crippen molar-refractivity contribution in [3.63, 3.8) is 0 Å². The molecule has 3 aliphatic rings. The molecule has 0 saturated carbocycles. The van der Waals surface area contributed by atoms with Gasteiger partial charge in [0.2, 0.25) is 0 Å². The standard InChI is InChI=1S/C32H40N6O/c1-5-8-22(2)24-12-13-29(25-9-7-14-33-31(24)25)38-20-23(3)39-30(21-38)32-34-19-26-27(35-32)10-6-11-28(26)37-17-15-36(4)16-18-37/h6-7,9-14,23,30H,2,5,8,15-21H2,1,3-4H3,(H,34,35). The van der Waals surface area contributed by atoms with E-state index in [0.717, 1.165) is 86.8 Å². The average molecular weight is 525 g/mol. The molecule has 2 fully saturated rings. The predicted molar refractivity (Wildman–Crippen MR) is 162 cm³/mol. The van der Waals surface area contributed by atoms with Gasteiger partial charge in [0, 0.05) is 73.4 Å². The molecule has 1 aromatic heterocycles. The van der Waals surface area contributed by atoms with Crippen molar-refractivity contribution in [3.05, 3.63) is 66.4 Å². The highest BCUT2D eigenvalue weighted by molar-refractivity contribution is 5.99. The molecule has 0 aliphatic carbocycles. The number of ether oxygens (including phenoxy) is 1. The van der Waals surface area contributed by atoms with E-state index in [1.54, 1.807) is 0 Å². The SMILES string of the molecule is C=C(CCC)c1ccc(N2CC(C)OC(C3=Nc4cccc(N5CCN(C)CC5)c4CN3)C2)c2cccnc12. The molecule has 1 N–H and O–H groups in total. The van der Waals surface area contributed by atoms with Crippen LogP contribution in [0.2, 0.25) is 0 Å². The van der Waals surface area contributed by atoms with Gasteiger partial charge >= 0.3 is 0 Å². The van der Waals surface area contributed by atoms with Crippen LogP contribution in [0.3, 0.4) is 0 Å². The fourth-order valence-corrected chi connectivity index (χ4v) is 6.18. The molecule has 3 aromatic rings. The summed E-state index contributed by atoms with van der Waals surface area (Å²) in [4.78, 5) is 17.2. The zero-order chi connectivity index (χ0) is 26.9. The number of allylic oxidation sites excluding steroid dienone is 1. The van der Waals surface area contributed by atoms with Crippen LogP contribution in [0.1, 0.15) is 37.8 Å². The van der Waals surface area contributed by atoms with Crippen LogP contribution in [0.25, 0.3) is 16.5 Å². The van der Waals surface area contributed by atoms with Crippen molar-refractivity contribution < 1.29 is 4.74 Å². The van der Waals surface area contributed by atoms with Crippen LogP contribution in [0, 0.1) is 0 Å². The van der Waals surface area contributed by atoms with Crippen molar-refractivity contribution in [1.29, 1.82) is 0 Å². The first-order chi connectivity index (χ1) is 19.0. The molecule has 2 unspecified atom stereocenters. The molecule has 2 aromatic carbocycles. The summed E-state index contributed by atoms with van der Waals surface area (Å²) in [5.41, 5.74) is 8.17. The van der Waals surface area contributed by atoms with Gasteiger partial charge in [-0.05, 0) is 56.3 Å². The summed E-state index contributed by atoms with van der Waals surface area (Å²) in [5, 5.41) is 4.81. The molecule has 0 bridgehead atoms. The van der Waals surface area contributed by atoms with Gasteiger partial charge in [-0.1, -0.05) is 32.1 Å². The van der Waals surface area contributed by atoms with Crippen LogP contribution in [-0.4, -0.2) is 74.2 Å². The summed E-state index contributed by atoms with van der Waals surface area (Å²) >= 11 is 0. The number of rotatable bonds is 6. The molecule has 2 atom stereocenters. The average Bonchev–Trinajstić information content (AvgIpc) is 2.96. The Labute approximate surface area is 232 Å². The number of fused-ring (bicyclic) bond motifs is 2. The number of morpholine rings is 1. The quantitative estimate of drug-likeness (QED) is 0.477. The van der Waals surface area contributed by atoms with E-state index in [1.807, 2.05) is 12.3 Å². The van der Waals surface area contributed by atoms with Crippen LogP contribution >= 0.6 is 0 Å². The number of aromatic nitrogens is 1. The lowest BCUT2D eigenvalue weighted by Crippen LogP contribution is -2.53. The third-order valence-electron chi connectivity index (χ3n) is 8.24. The van der Waals surface area contributed by atoms with Gasteiger partial charge in [0.1, 0.15) is 11.9 Å². The first-order valence-corrected chi connectivity index (χ1v) is 14.4. The Morgan fingerprint density at radius 3 is 2.69 bits per heavy atom. The van der Waals surface area contributed by atoms with Gasteiger partial charge in [-0.25, -0.2) is 4.99 Å². The maximum absolute atomic E-state index is 6.48. The lowest BCUT2D eigenvalue weighted by Gasteiger charge is -2.40. The summed E-state index contributed by atoms with van der Waals surface area (Å²) in [5.74, 6) is 0.921. The Kier molecular flexibility index (Phi) is 7.28. The third kappa shape index (κ3) is 5.13. The van der Waals surface area contributed by atoms with Gasteiger partial charge in [0.25, 0.3) is 0 Å². The van der Waals surface area contributed by atoms with Crippen molar-refractivity contribution >= 4 is 39.4 Å². The van der Waals surface area contributed by atoms with Gasteiger partial charge in [-0.15, -0.1) is 0 Å². The van der Waals surface area contributed by atoms with Gasteiger partial charge in [-0.2, -0.15) is 0 Å². The Morgan fingerprint density at radius 2 is 1.87 bits per heavy atom. The Bertz CT molecular complexity index is 1390. The van der Waals surface area contributed by atoms with Crippen molar-refractivity contribution in [1.82, 2.24) is 15.2 Å². The molecule has 204 valence electrons. The number of pyridine rings is 1. The highest BCUT2D eigenvalue weighted by Gasteiger charge is 2.32. The lowest BCUT2D eigenvalue weighted by atomic mass is 9.98. The van der Waals surface area contributed by atoms with Crippen molar-refractivity contribution in [2.24, 2.45) is 4.99 Å². The van der Waals surface area contributed by atoms with E-state index in [-0.39, 0.29) is 12.2 Å². The fraction of sp³-hybridized carbons (Fsp3) is 0.438. The summed E-state index contributed by atoms with van der Waals surface area (Å²) in [6.45, 7) is 15.3. The minimum absolute atomic E-state index is 0.0766. The number of hydrogen-bond acceptors (Lipinski definition) is 7. The number of likely N-dealkylation sites (N-methyl/N-ethyl adjacent to an activating group) is 1. The number of piperazine rings is 1. The summed E-state index contributed by atoms with van der Waals surface area (Å²) in [6.07, 6.45) is 3.88. The van der Waals surface area contributed by atoms with Crippen LogP contribution < -0.4 is 15.1 Å². The molecule has 7 nitrogen and oxygen atoms in total. The number of anilines is 2. The van der Waals surface area contributed by atoms with E-state index in [1.165, 1.54) is 22.3 Å². The molecule has 4 heterocycles. The number of hydrogen-bond donors (Lipinski definition) is 1. The lowest BCUT2D eigenvalue weighted by molar-refractivity contribution is 0.0188. The molecule has 0 spiro atoms. The fourth-order valence-electron chi connectivity index (χ4n) is 6.18. The molecule has 0 radical (unpaired) electrons. The minimum atomic E-state index is -0.129. The Morgan fingerprint density at radius 1 is 1.03 bits per heavy atom. The molecular weight excluding hydrogens is 484 g/mol. The molecule has 6 rings (SSSR count). The second-order valence-electron chi connectivity index (χ2n) is 11.1. The molecule has 3 aliphatic heterocycles. The van der Waals surface area contributed by atoms with Crippen molar-refractivity contribution in [3.8, 4) is 0 Å². The highest BCUT2D eigenvalue weighted by Crippen LogP contribution is 2.36. The van der Waals surface area contributed by atoms with Crippen LogP contribution in [0.4, 0.5) is 17.1 Å². The van der Waals surface area contributed by atoms with Crippen LogP contribution in [0.15, 0.2) is 60.2 Å². The van der Waals surface area contributed by atoms with Crippen molar-refractivity contribution in [2.75, 3.05) is 56.1 Å². The predicted octanol–water partition coefficient (Wildman–Crippen LogP) is 5.23. The van der Waals surface area contributed by atoms with E-state index in [2.05, 4.69) is 83.9 Å². The zero-order valence-electron chi connectivity index (χ0n) is 23.5. The number of aliphatic imine (C=N–C) groups is 1. The van der Waals surface area contributed by atoms with E-state index >= 15 is 0 Å². The van der Waals surface area contributed by atoms with Gasteiger partial charge < -0.3 is 24.8 Å². The number of nitrogens with one attached hydrogen (secondary N) is 1. The maximum atomic E-state index is 6.48. The van der Waals surface area contributed by atoms with Crippen molar-refractivity contribution in [2.45, 2.75) is 45.4 Å². The number of amidine groups is 1. The molecule has 7 heteroatoms. The summed E-state index contributed by atoms with van der Waals surface area (Å²) in [7, 11) is 2.20. The number of nitrogens with zero attached hydrogens (tertiary/aromatic N) is 5. The van der Waals surface area contributed by atoms with Gasteiger partial charge in [-0.3, -0.25) is 4.98 Å². The highest BCUT2D eigenvalue weighted by atomic mass is 16.5. The van der Waals surface area contributed by atoms with Crippen LogP contribution in [-0.2, 0) is 11.3 Å². The Hall–Kier alpha value is -3.42. The maximum Gasteiger partial charge on any atom is 0.134 e. The number of benzene rings is 2. The molecule has 39 heavy (non-hydrogen) atoms. The van der Waals surface area contributed by atoms with Gasteiger partial charge in [0.05, 0.1) is 23.9 Å². The van der Waals surface area contributed by atoms with E-state index in [0.29, 0.717) is 0 Å². The zero-order valence-corrected chi connectivity index (χ0v) is 23.5. The van der Waals surface area contributed by atoms with Gasteiger partial charge in [0.15, 0.2) is 0 Å². The largest absolute Gasteiger partial charge is 0.369 e. The second-order valence-corrected chi connectivity index (χ2v) is 11.1. The Balaban J connectivity index is 1.28.